The average molecular weight is 172 g/mol. The van der Waals surface area contributed by atoms with Crippen molar-refractivity contribution in [2.45, 2.75) is 0 Å². The first kappa shape index (κ1) is 9.49. The van der Waals surface area contributed by atoms with Crippen LogP contribution < -0.4 is 0 Å². The SMILES string of the molecule is O=S(O)(O)(C#CF)CCF. The molecule has 10 heavy (non-hydrogen) atoms. The first-order valence-electron chi connectivity index (χ1n) is 2.23. The van der Waals surface area contributed by atoms with Gasteiger partial charge >= 0.3 is 0 Å². The minimum Gasteiger partial charge on any atom is -0.299 e. The molecule has 0 radical (unpaired) electrons. The Balaban J connectivity index is 4.55. The summed E-state index contributed by atoms with van der Waals surface area (Å²) in [4.78, 5) is 0. The lowest BCUT2D eigenvalue weighted by Crippen LogP contribution is -2.33. The Morgan fingerprint density at radius 2 is 2.00 bits per heavy atom. The molecule has 0 unspecified atom stereocenters. The summed E-state index contributed by atoms with van der Waals surface area (Å²) in [6, 6.07) is 0. The second-order valence-electron chi connectivity index (χ2n) is 1.61. The molecule has 0 heterocycles. The van der Waals surface area contributed by atoms with E-state index in [0.29, 0.717) is 6.17 Å². The second kappa shape index (κ2) is 2.62. The van der Waals surface area contributed by atoms with Gasteiger partial charge in [0.2, 0.25) is 0 Å². The van der Waals surface area contributed by atoms with Crippen molar-refractivity contribution in [3.8, 4) is 11.4 Å². The van der Waals surface area contributed by atoms with Gasteiger partial charge in [-0.1, -0.05) is 0 Å². The molecular weight excluding hydrogens is 166 g/mol. The molecule has 0 saturated carbocycles. The summed E-state index contributed by atoms with van der Waals surface area (Å²) in [5.74, 6) is -1.08. The van der Waals surface area contributed by atoms with E-state index in [9.17, 15) is 13.0 Å². The maximum atomic E-state index is 11.4. The van der Waals surface area contributed by atoms with Gasteiger partial charge in [-0.25, -0.2) is 8.60 Å². The number of alkyl halides is 1. The molecule has 3 nitrogen and oxygen atoms in total. The molecule has 6 heteroatoms. The summed E-state index contributed by atoms with van der Waals surface area (Å²) >= 11 is 0. The summed E-state index contributed by atoms with van der Waals surface area (Å²) < 4.78 is 49.8. The van der Waals surface area contributed by atoms with Crippen LogP contribution in [-0.2, 0) is 9.63 Å². The molecular formula is C4H6F2O3S. The molecule has 0 bridgehead atoms. The molecule has 2 N–H and O–H groups in total. The molecule has 0 amide bonds. The quantitative estimate of drug-likeness (QED) is 0.600. The molecule has 0 fully saturated rings. The van der Waals surface area contributed by atoms with Crippen LogP contribution >= 0.6 is 0 Å². The van der Waals surface area contributed by atoms with Gasteiger partial charge in [-0.2, -0.15) is 0 Å². The third-order valence-corrected chi connectivity index (χ3v) is 2.07. The second-order valence-corrected chi connectivity index (χ2v) is 4.25. The molecule has 0 aromatic rings. The summed E-state index contributed by atoms with van der Waals surface area (Å²) in [5.41, 5.74) is 0. The first-order chi connectivity index (χ1) is 4.39. The monoisotopic (exact) mass is 172 g/mol. The molecule has 0 atom stereocenters. The fraction of sp³-hybridized carbons (Fsp3) is 0.500. The van der Waals surface area contributed by atoms with E-state index in [4.69, 9.17) is 9.11 Å². The van der Waals surface area contributed by atoms with Crippen LogP contribution in [0.25, 0.3) is 0 Å². The van der Waals surface area contributed by atoms with Crippen molar-refractivity contribution in [1.82, 2.24) is 0 Å². The van der Waals surface area contributed by atoms with Crippen molar-refractivity contribution < 1.29 is 22.1 Å². The topological polar surface area (TPSA) is 57.5 Å². The molecule has 0 aromatic carbocycles. The van der Waals surface area contributed by atoms with Crippen LogP contribution in [0.5, 0.6) is 0 Å². The summed E-state index contributed by atoms with van der Waals surface area (Å²) in [6.45, 7) is -1.23. The molecule has 60 valence electrons. The van der Waals surface area contributed by atoms with Crippen LogP contribution in [0.15, 0.2) is 0 Å². The van der Waals surface area contributed by atoms with Crippen LogP contribution in [0, 0.1) is 11.4 Å². The van der Waals surface area contributed by atoms with Gasteiger partial charge in [0.25, 0.3) is 0 Å². The van der Waals surface area contributed by atoms with Crippen LogP contribution in [-0.4, -0.2) is 25.7 Å². The van der Waals surface area contributed by atoms with Gasteiger partial charge in [-0.05, 0) is 0 Å². The van der Waals surface area contributed by atoms with Crippen molar-refractivity contribution in [3.05, 3.63) is 0 Å². The Bertz CT molecular complexity index is 233. The predicted molar refractivity (Wildman–Crippen MR) is 33.1 cm³/mol. The number of halogens is 2. The number of hydrogen-bond acceptors (Lipinski definition) is 1. The molecule has 0 saturated heterocycles. The Kier molecular flexibility index (Phi) is 2.48. The normalized spacial score (nSPS) is 14.6. The van der Waals surface area contributed by atoms with Gasteiger partial charge in [0, 0.05) is 0 Å². The van der Waals surface area contributed by atoms with E-state index in [1.54, 1.807) is 0 Å². The van der Waals surface area contributed by atoms with E-state index in [1.807, 2.05) is 0 Å². The Labute approximate surface area is 56.5 Å². The van der Waals surface area contributed by atoms with E-state index in [1.165, 1.54) is 0 Å². The van der Waals surface area contributed by atoms with E-state index in [2.05, 4.69) is 0 Å². The molecule has 0 rings (SSSR count). The van der Waals surface area contributed by atoms with Crippen molar-refractivity contribution in [2.24, 2.45) is 0 Å². The van der Waals surface area contributed by atoms with Crippen molar-refractivity contribution in [3.63, 3.8) is 0 Å². The van der Waals surface area contributed by atoms with Crippen molar-refractivity contribution in [1.29, 1.82) is 0 Å². The van der Waals surface area contributed by atoms with Crippen LogP contribution in [0.1, 0.15) is 0 Å². The van der Waals surface area contributed by atoms with Gasteiger partial charge in [0.1, 0.15) is 22.5 Å². The molecule has 0 aliphatic carbocycles. The third kappa shape index (κ3) is 3.50. The summed E-state index contributed by atoms with van der Waals surface area (Å²) in [6.07, 6.45) is 0.552. The van der Waals surface area contributed by atoms with Gasteiger partial charge in [0.05, 0.1) is 11.0 Å². The lowest BCUT2D eigenvalue weighted by atomic mass is 10.9. The summed E-state index contributed by atoms with van der Waals surface area (Å²) in [5, 5.41) is 1.01. The van der Waals surface area contributed by atoms with Gasteiger partial charge in [-0.15, -0.1) is 4.39 Å². The highest BCUT2D eigenvalue weighted by Crippen LogP contribution is 2.13. The smallest absolute Gasteiger partial charge is 0.149 e. The molecule has 0 aliphatic heterocycles. The molecule has 0 spiro atoms. The minimum atomic E-state index is -5.29. The largest absolute Gasteiger partial charge is 0.299 e. The Morgan fingerprint density at radius 3 is 2.30 bits per heavy atom. The maximum absolute atomic E-state index is 11.4. The van der Waals surface area contributed by atoms with E-state index in [-0.39, 0.29) is 0 Å². The van der Waals surface area contributed by atoms with Gasteiger partial charge in [-0.3, -0.25) is 9.11 Å². The first-order valence-corrected chi connectivity index (χ1v) is 4.28. The van der Waals surface area contributed by atoms with Crippen molar-refractivity contribution in [2.75, 3.05) is 12.4 Å². The lowest BCUT2D eigenvalue weighted by molar-refractivity contribution is 0.394. The highest BCUT2D eigenvalue weighted by Gasteiger charge is 2.26. The van der Waals surface area contributed by atoms with Gasteiger partial charge < -0.3 is 0 Å². The number of hydrogen-bond donors (Lipinski definition) is 2. The van der Waals surface area contributed by atoms with Gasteiger partial charge in [0.15, 0.2) is 0 Å². The number of rotatable bonds is 2. The zero-order chi connectivity index (χ0) is 8.28. The van der Waals surface area contributed by atoms with Crippen LogP contribution in [0.4, 0.5) is 8.78 Å². The Hall–Kier alpha value is -0.510. The molecule has 0 aromatic heterocycles. The minimum absolute atomic E-state index is 0.552. The maximum Gasteiger partial charge on any atom is 0.149 e. The predicted octanol–water partition coefficient (Wildman–Crippen LogP) is 0.610. The fourth-order valence-electron chi connectivity index (χ4n) is 0.268. The fourth-order valence-corrected chi connectivity index (χ4v) is 0.803. The van der Waals surface area contributed by atoms with E-state index >= 15 is 0 Å². The van der Waals surface area contributed by atoms with Crippen LogP contribution in [0.3, 0.4) is 0 Å². The zero-order valence-corrected chi connectivity index (χ0v) is 5.70. The summed E-state index contributed by atoms with van der Waals surface area (Å²) in [7, 11) is -5.29. The van der Waals surface area contributed by atoms with E-state index < -0.39 is 22.1 Å². The Morgan fingerprint density at radius 1 is 1.50 bits per heavy atom. The lowest BCUT2D eigenvalue weighted by Gasteiger charge is -2.20. The highest BCUT2D eigenvalue weighted by atomic mass is 32.3. The third-order valence-electron chi connectivity index (χ3n) is 0.689. The average Bonchev–Trinajstić information content (AvgIpc) is 1.61. The zero-order valence-electron chi connectivity index (χ0n) is 4.88. The standard InChI is InChI=1S/C4H6F2O3S/c5-1-3-10(7,8,9)4-2-6/h1,3H2,(H2,7,8,9). The molecule has 0 aliphatic rings. The van der Waals surface area contributed by atoms with Crippen molar-refractivity contribution >= 4 is 9.63 Å². The van der Waals surface area contributed by atoms with E-state index in [0.717, 1.165) is 5.25 Å². The highest BCUT2D eigenvalue weighted by molar-refractivity contribution is 8.14. The van der Waals surface area contributed by atoms with Crippen LogP contribution in [0.2, 0.25) is 0 Å².